The molecule has 104 valence electrons. The maximum absolute atomic E-state index is 9.79. The Kier molecular flexibility index (Phi) is 3.61. The highest BCUT2D eigenvalue weighted by Gasteiger charge is 2.18. The topological polar surface area (TPSA) is 52.5 Å². The van der Waals surface area contributed by atoms with Crippen LogP contribution in [0.4, 0.5) is 0 Å². The quantitative estimate of drug-likeness (QED) is 0.751. The smallest absolute Gasteiger partial charge is 0.161 e. The molecule has 0 fully saturated rings. The summed E-state index contributed by atoms with van der Waals surface area (Å²) >= 11 is 0. The molecule has 2 aromatic carbocycles. The second-order valence-electron chi connectivity index (χ2n) is 5.37. The summed E-state index contributed by atoms with van der Waals surface area (Å²) in [5.74, 6) is -0.0745. The summed E-state index contributed by atoms with van der Waals surface area (Å²) < 4.78 is 0. The van der Waals surface area contributed by atoms with E-state index in [1.807, 2.05) is 6.07 Å². The molecular weight excluding hydrogens is 250 g/mol. The number of aryl methyl sites for hydroxylation is 1. The molecule has 0 aliphatic heterocycles. The number of hydrogen-bond donors (Lipinski definition) is 3. The van der Waals surface area contributed by atoms with E-state index in [2.05, 4.69) is 29.6 Å². The minimum Gasteiger partial charge on any atom is -0.504 e. The van der Waals surface area contributed by atoms with Crippen molar-refractivity contribution >= 4 is 0 Å². The molecule has 3 nitrogen and oxygen atoms in total. The summed E-state index contributed by atoms with van der Waals surface area (Å²) in [7, 11) is 0. The van der Waals surface area contributed by atoms with E-state index >= 15 is 0 Å². The largest absolute Gasteiger partial charge is 0.504 e. The van der Waals surface area contributed by atoms with Gasteiger partial charge in [-0.2, -0.15) is 0 Å². The molecule has 1 atom stereocenters. The van der Waals surface area contributed by atoms with Gasteiger partial charge < -0.3 is 15.5 Å². The summed E-state index contributed by atoms with van der Waals surface area (Å²) in [6.45, 7) is 0.576. The number of phenolic OH excluding ortho intramolecular Hbond substituents is 2. The molecule has 0 bridgehead atoms. The van der Waals surface area contributed by atoms with Crippen molar-refractivity contribution < 1.29 is 10.2 Å². The van der Waals surface area contributed by atoms with Gasteiger partial charge in [0, 0.05) is 18.2 Å². The van der Waals surface area contributed by atoms with Crippen LogP contribution in [0.25, 0.3) is 0 Å². The molecule has 0 heterocycles. The molecular formula is C17H19NO2. The zero-order valence-electron chi connectivity index (χ0n) is 11.3. The maximum Gasteiger partial charge on any atom is 0.161 e. The summed E-state index contributed by atoms with van der Waals surface area (Å²) in [5, 5.41) is 22.8. The normalized spacial score (nSPS) is 17.7. The van der Waals surface area contributed by atoms with E-state index in [9.17, 15) is 10.2 Å². The Labute approximate surface area is 118 Å². The molecule has 0 amide bonds. The molecule has 1 aliphatic carbocycles. The van der Waals surface area contributed by atoms with Crippen molar-refractivity contribution in [3.8, 4) is 11.5 Å². The van der Waals surface area contributed by atoms with E-state index in [1.165, 1.54) is 17.2 Å². The van der Waals surface area contributed by atoms with E-state index in [0.29, 0.717) is 12.6 Å². The number of aromatic hydroxyl groups is 2. The molecule has 0 spiro atoms. The van der Waals surface area contributed by atoms with Crippen molar-refractivity contribution in [1.82, 2.24) is 5.32 Å². The Bertz CT molecular complexity index is 610. The number of para-hydroxylation sites is 1. The summed E-state index contributed by atoms with van der Waals surface area (Å²) in [6.07, 6.45) is 3.23. The zero-order chi connectivity index (χ0) is 13.9. The van der Waals surface area contributed by atoms with Gasteiger partial charge in [0.25, 0.3) is 0 Å². The lowest BCUT2D eigenvalue weighted by Gasteiger charge is -2.25. The molecule has 1 unspecified atom stereocenters. The standard InChI is InChI=1S/C17H19NO2/c19-16-7-3-6-14(17(16)20)11-18-15-9-8-12-4-1-2-5-13(12)10-15/h1-7,15,18-20H,8-11H2. The van der Waals surface area contributed by atoms with Gasteiger partial charge in [-0.25, -0.2) is 0 Å². The van der Waals surface area contributed by atoms with Gasteiger partial charge in [-0.3, -0.25) is 0 Å². The van der Waals surface area contributed by atoms with Crippen molar-refractivity contribution in [2.75, 3.05) is 0 Å². The van der Waals surface area contributed by atoms with E-state index in [0.717, 1.165) is 24.8 Å². The van der Waals surface area contributed by atoms with Crippen LogP contribution in [0, 0.1) is 0 Å². The first kappa shape index (κ1) is 13.0. The second-order valence-corrected chi connectivity index (χ2v) is 5.37. The molecule has 2 aromatic rings. The maximum atomic E-state index is 9.79. The van der Waals surface area contributed by atoms with Crippen LogP contribution in [0.1, 0.15) is 23.1 Å². The van der Waals surface area contributed by atoms with Gasteiger partial charge in [0.15, 0.2) is 11.5 Å². The molecule has 0 saturated carbocycles. The molecule has 0 saturated heterocycles. The van der Waals surface area contributed by atoms with Crippen molar-refractivity contribution in [1.29, 1.82) is 0 Å². The van der Waals surface area contributed by atoms with Crippen LogP contribution in [0.3, 0.4) is 0 Å². The average Bonchev–Trinajstić information content (AvgIpc) is 2.48. The van der Waals surface area contributed by atoms with Gasteiger partial charge in [0.05, 0.1) is 0 Å². The Morgan fingerprint density at radius 1 is 1.00 bits per heavy atom. The van der Waals surface area contributed by atoms with E-state index < -0.39 is 0 Å². The minimum atomic E-state index is -0.0571. The first-order valence-electron chi connectivity index (χ1n) is 7.04. The Morgan fingerprint density at radius 2 is 1.80 bits per heavy atom. The number of fused-ring (bicyclic) bond motifs is 1. The van der Waals surface area contributed by atoms with Crippen molar-refractivity contribution in [2.45, 2.75) is 31.8 Å². The van der Waals surface area contributed by atoms with Crippen LogP contribution in [0.15, 0.2) is 42.5 Å². The van der Waals surface area contributed by atoms with Crippen molar-refractivity contribution in [3.63, 3.8) is 0 Å². The van der Waals surface area contributed by atoms with Crippen LogP contribution in [-0.4, -0.2) is 16.3 Å². The monoisotopic (exact) mass is 269 g/mol. The Balaban J connectivity index is 1.64. The van der Waals surface area contributed by atoms with E-state index in [1.54, 1.807) is 6.07 Å². The third-order valence-corrected chi connectivity index (χ3v) is 4.03. The molecule has 0 radical (unpaired) electrons. The lowest BCUT2D eigenvalue weighted by molar-refractivity contribution is 0.392. The van der Waals surface area contributed by atoms with Crippen LogP contribution >= 0.6 is 0 Å². The van der Waals surface area contributed by atoms with E-state index in [4.69, 9.17) is 0 Å². The zero-order valence-corrected chi connectivity index (χ0v) is 11.3. The molecule has 1 aliphatic rings. The fourth-order valence-electron chi connectivity index (χ4n) is 2.85. The van der Waals surface area contributed by atoms with Crippen molar-refractivity contribution in [2.24, 2.45) is 0 Å². The minimum absolute atomic E-state index is 0.0174. The Hall–Kier alpha value is -2.00. The first-order valence-corrected chi connectivity index (χ1v) is 7.04. The second kappa shape index (κ2) is 5.55. The number of rotatable bonds is 3. The number of phenols is 2. The first-order chi connectivity index (χ1) is 9.74. The Morgan fingerprint density at radius 3 is 2.65 bits per heavy atom. The highest BCUT2D eigenvalue weighted by molar-refractivity contribution is 5.44. The van der Waals surface area contributed by atoms with Crippen molar-refractivity contribution in [3.05, 3.63) is 59.2 Å². The van der Waals surface area contributed by atoms with Crippen LogP contribution < -0.4 is 5.32 Å². The summed E-state index contributed by atoms with van der Waals surface area (Å²) in [5.41, 5.74) is 3.60. The number of hydrogen-bond acceptors (Lipinski definition) is 3. The fraction of sp³-hybridized carbons (Fsp3) is 0.294. The average molecular weight is 269 g/mol. The highest BCUT2D eigenvalue weighted by atomic mass is 16.3. The van der Waals surface area contributed by atoms with Gasteiger partial charge in [0.2, 0.25) is 0 Å². The van der Waals surface area contributed by atoms with Crippen LogP contribution in [-0.2, 0) is 19.4 Å². The fourth-order valence-corrected chi connectivity index (χ4v) is 2.85. The lowest BCUT2D eigenvalue weighted by Crippen LogP contribution is -2.34. The van der Waals surface area contributed by atoms with Gasteiger partial charge in [-0.15, -0.1) is 0 Å². The van der Waals surface area contributed by atoms with E-state index in [-0.39, 0.29) is 11.5 Å². The van der Waals surface area contributed by atoms with Crippen LogP contribution in [0.2, 0.25) is 0 Å². The van der Waals surface area contributed by atoms with Gasteiger partial charge in [-0.05, 0) is 36.5 Å². The summed E-state index contributed by atoms with van der Waals surface area (Å²) in [4.78, 5) is 0. The van der Waals surface area contributed by atoms with Gasteiger partial charge in [-0.1, -0.05) is 36.4 Å². The molecule has 3 N–H and O–H groups in total. The highest BCUT2D eigenvalue weighted by Crippen LogP contribution is 2.28. The summed E-state index contributed by atoms with van der Waals surface area (Å²) in [6, 6.07) is 14.1. The third kappa shape index (κ3) is 2.63. The third-order valence-electron chi connectivity index (χ3n) is 4.03. The number of nitrogens with one attached hydrogen (secondary N) is 1. The molecule has 20 heavy (non-hydrogen) atoms. The molecule has 3 rings (SSSR count). The lowest BCUT2D eigenvalue weighted by atomic mass is 9.88. The number of benzene rings is 2. The SMILES string of the molecule is Oc1cccc(CNC2CCc3ccccc3C2)c1O. The van der Waals surface area contributed by atoms with Gasteiger partial charge >= 0.3 is 0 Å². The van der Waals surface area contributed by atoms with Crippen LogP contribution in [0.5, 0.6) is 11.5 Å². The predicted octanol–water partition coefficient (Wildman–Crippen LogP) is 2.74. The molecule has 0 aromatic heterocycles. The van der Waals surface area contributed by atoms with Gasteiger partial charge in [0.1, 0.15) is 0 Å². The predicted molar refractivity (Wildman–Crippen MR) is 78.9 cm³/mol. The molecule has 3 heteroatoms.